The van der Waals surface area contributed by atoms with Crippen LogP contribution in [0.2, 0.25) is 0 Å². The van der Waals surface area contributed by atoms with Gasteiger partial charge in [-0.2, -0.15) is 0 Å². The summed E-state index contributed by atoms with van der Waals surface area (Å²) in [6.07, 6.45) is 5.62. The largest absolute Gasteiger partial charge is 0.456 e. The maximum absolute atomic E-state index is 6.31. The Bertz CT molecular complexity index is 2880. The highest BCUT2D eigenvalue weighted by molar-refractivity contribution is 6.11. The van der Waals surface area contributed by atoms with Gasteiger partial charge >= 0.3 is 0 Å². The molecule has 0 unspecified atom stereocenters. The van der Waals surface area contributed by atoms with E-state index in [1.54, 1.807) is 0 Å². The first-order chi connectivity index (χ1) is 25.0. The second-order valence-electron chi connectivity index (χ2n) is 14.3. The van der Waals surface area contributed by atoms with Gasteiger partial charge in [-0.3, -0.25) is 0 Å². The second-order valence-corrected chi connectivity index (χ2v) is 14.3. The molecule has 1 aromatic heterocycles. The highest BCUT2D eigenvalue weighted by Crippen LogP contribution is 2.51. The molecular weight excluding hydrogens is 617 g/mol. The fourth-order valence-corrected chi connectivity index (χ4v) is 8.47. The third kappa shape index (κ3) is 4.99. The van der Waals surface area contributed by atoms with E-state index in [0.717, 1.165) is 17.6 Å². The van der Waals surface area contributed by atoms with Gasteiger partial charge in [0.15, 0.2) is 0 Å². The molecule has 0 atom stereocenters. The minimum atomic E-state index is -0.124. The molecule has 1 aliphatic carbocycles. The van der Waals surface area contributed by atoms with Crippen LogP contribution in [0.3, 0.4) is 0 Å². The van der Waals surface area contributed by atoms with Crippen LogP contribution in [-0.2, 0) is 5.41 Å². The van der Waals surface area contributed by atoms with Gasteiger partial charge in [-0.1, -0.05) is 142 Å². The maximum Gasteiger partial charge on any atom is 0.136 e. The van der Waals surface area contributed by atoms with Crippen LogP contribution in [0, 0.1) is 0 Å². The molecule has 1 heterocycles. The first-order valence-corrected chi connectivity index (χ1v) is 18.1. The highest BCUT2D eigenvalue weighted by Gasteiger charge is 2.36. The first kappa shape index (κ1) is 31.1. The van der Waals surface area contributed by atoms with Crippen molar-refractivity contribution in [3.8, 4) is 33.4 Å². The molecule has 0 N–H and O–H groups in total. The summed E-state index contributed by atoms with van der Waals surface area (Å²) in [6, 6.07) is 53.4. The van der Waals surface area contributed by atoms with Gasteiger partial charge in [0, 0.05) is 16.2 Å². The first-order valence-electron chi connectivity index (χ1n) is 18.1. The van der Waals surface area contributed by atoms with E-state index in [4.69, 9.17) is 4.42 Å². The average Bonchev–Trinajstić information content (AvgIpc) is 3.62. The van der Waals surface area contributed by atoms with E-state index in [-0.39, 0.29) is 5.41 Å². The Morgan fingerprint density at radius 1 is 0.490 bits per heavy atom. The molecule has 0 aliphatic heterocycles. The third-order valence-electron chi connectivity index (χ3n) is 10.9. The fourth-order valence-electron chi connectivity index (χ4n) is 8.47. The van der Waals surface area contributed by atoms with Crippen molar-refractivity contribution in [3.63, 3.8) is 0 Å². The molecule has 0 saturated carbocycles. The molecule has 0 radical (unpaired) electrons. The standard InChI is InChI=1S/C50H40O/c1-5-16-39-36(6-2)40(41-23-15-18-32-17-11-12-20-37(32)41)21-10-8-7-9-19-38(39)33-25-26-46-43(27-33)44-28-35-31-49-45(42-22-13-14-24-48(42)51-49)29-34(35)30-47(44)50(46,3)4/h6-31H,5H2,1-4H3/b9-7?,10-8?,36-6+,38-19?,39-16+,40-21?. The van der Waals surface area contributed by atoms with Gasteiger partial charge in [0.2, 0.25) is 0 Å². The number of fused-ring (bicyclic) bond motifs is 8. The van der Waals surface area contributed by atoms with Crippen molar-refractivity contribution in [1.82, 2.24) is 0 Å². The summed E-state index contributed by atoms with van der Waals surface area (Å²) in [4.78, 5) is 0. The second kappa shape index (κ2) is 12.1. The van der Waals surface area contributed by atoms with Crippen LogP contribution in [0.25, 0.3) is 89.0 Å². The SMILES string of the molecule is C/C=c1/c(-c2cccc3ccccc23)ccccccc(-c2ccc3c(c2)-c2cc4cc5oc6ccccc6c5cc4cc2C3(C)C)/c1=C/CC. The summed E-state index contributed by atoms with van der Waals surface area (Å²) in [6.45, 7) is 9.15. The molecule has 0 bridgehead atoms. The number of rotatable bonds is 3. The van der Waals surface area contributed by atoms with Crippen LogP contribution in [0.15, 0.2) is 150 Å². The molecule has 9 rings (SSSR count). The summed E-state index contributed by atoms with van der Waals surface area (Å²) in [5.41, 5.74) is 12.0. The van der Waals surface area contributed by atoms with Crippen LogP contribution in [0.5, 0.6) is 0 Å². The Balaban J connectivity index is 1.30. The number of hydrogen-bond acceptors (Lipinski definition) is 1. The Hall–Kier alpha value is -5.92. The molecule has 8 aromatic rings. The van der Waals surface area contributed by atoms with E-state index in [0.29, 0.717) is 0 Å². The Labute approximate surface area is 299 Å². The van der Waals surface area contributed by atoms with Crippen LogP contribution < -0.4 is 10.4 Å². The minimum Gasteiger partial charge on any atom is -0.456 e. The zero-order chi connectivity index (χ0) is 34.7. The molecule has 0 fully saturated rings. The molecule has 1 heteroatoms. The molecule has 0 amide bonds. The molecule has 246 valence electrons. The lowest BCUT2D eigenvalue weighted by Gasteiger charge is -2.22. The van der Waals surface area contributed by atoms with E-state index in [9.17, 15) is 0 Å². The van der Waals surface area contributed by atoms with E-state index in [2.05, 4.69) is 179 Å². The molecule has 0 spiro atoms. The van der Waals surface area contributed by atoms with Crippen molar-refractivity contribution in [3.05, 3.63) is 167 Å². The van der Waals surface area contributed by atoms with Gasteiger partial charge in [-0.25, -0.2) is 0 Å². The fraction of sp³-hybridized carbons (Fsp3) is 0.120. The third-order valence-corrected chi connectivity index (χ3v) is 10.9. The molecular formula is C50H40O. The van der Waals surface area contributed by atoms with Crippen LogP contribution in [-0.4, -0.2) is 0 Å². The number of para-hydroxylation sites is 1. The van der Waals surface area contributed by atoms with Gasteiger partial charge in [-0.15, -0.1) is 0 Å². The van der Waals surface area contributed by atoms with E-state index >= 15 is 0 Å². The van der Waals surface area contributed by atoms with Gasteiger partial charge in [0.05, 0.1) is 0 Å². The van der Waals surface area contributed by atoms with E-state index < -0.39 is 0 Å². The lowest BCUT2D eigenvalue weighted by Crippen LogP contribution is -2.27. The molecule has 7 aromatic carbocycles. The van der Waals surface area contributed by atoms with Crippen molar-refractivity contribution in [2.45, 2.75) is 39.5 Å². The zero-order valence-corrected chi connectivity index (χ0v) is 29.6. The van der Waals surface area contributed by atoms with Crippen molar-refractivity contribution >= 4 is 55.6 Å². The zero-order valence-electron chi connectivity index (χ0n) is 29.6. The normalized spacial score (nSPS) is 14.0. The smallest absolute Gasteiger partial charge is 0.136 e. The van der Waals surface area contributed by atoms with E-state index in [1.165, 1.54) is 87.3 Å². The summed E-state index contributed by atoms with van der Waals surface area (Å²) in [5.74, 6) is 0. The lowest BCUT2D eigenvalue weighted by molar-refractivity contribution is 0.661. The van der Waals surface area contributed by atoms with Gasteiger partial charge < -0.3 is 4.42 Å². The number of hydrogen-bond donors (Lipinski definition) is 0. The van der Waals surface area contributed by atoms with Crippen molar-refractivity contribution in [2.24, 2.45) is 0 Å². The van der Waals surface area contributed by atoms with Gasteiger partial charge in [0.1, 0.15) is 11.2 Å². The summed E-state index contributed by atoms with van der Waals surface area (Å²) >= 11 is 0. The number of furan rings is 1. The maximum atomic E-state index is 6.31. The van der Waals surface area contributed by atoms with Crippen molar-refractivity contribution < 1.29 is 4.42 Å². The van der Waals surface area contributed by atoms with Crippen LogP contribution in [0.1, 0.15) is 45.2 Å². The summed E-state index contributed by atoms with van der Waals surface area (Å²) in [5, 5.41) is 9.79. The topological polar surface area (TPSA) is 13.1 Å². The predicted octanol–water partition coefficient (Wildman–Crippen LogP) is 12.6. The Morgan fingerprint density at radius 2 is 1.18 bits per heavy atom. The summed E-state index contributed by atoms with van der Waals surface area (Å²) < 4.78 is 6.31. The molecule has 1 aliphatic rings. The van der Waals surface area contributed by atoms with E-state index in [1.807, 2.05) is 6.07 Å². The lowest BCUT2D eigenvalue weighted by atomic mass is 9.81. The summed E-state index contributed by atoms with van der Waals surface area (Å²) in [7, 11) is 0. The Morgan fingerprint density at radius 3 is 2.00 bits per heavy atom. The quantitative estimate of drug-likeness (QED) is 0.184. The van der Waals surface area contributed by atoms with Crippen molar-refractivity contribution in [1.29, 1.82) is 0 Å². The van der Waals surface area contributed by atoms with Gasteiger partial charge in [-0.05, 0) is 126 Å². The monoisotopic (exact) mass is 656 g/mol. The highest BCUT2D eigenvalue weighted by atomic mass is 16.3. The Kier molecular flexibility index (Phi) is 7.40. The average molecular weight is 657 g/mol. The van der Waals surface area contributed by atoms with Crippen LogP contribution >= 0.6 is 0 Å². The van der Waals surface area contributed by atoms with Crippen LogP contribution in [0.4, 0.5) is 0 Å². The van der Waals surface area contributed by atoms with Crippen molar-refractivity contribution in [2.75, 3.05) is 0 Å². The molecule has 0 saturated heterocycles. The minimum absolute atomic E-state index is 0.124. The number of benzene rings is 6. The predicted molar refractivity (Wildman–Crippen MR) is 219 cm³/mol. The molecule has 51 heavy (non-hydrogen) atoms. The molecule has 1 nitrogen and oxygen atoms in total. The van der Waals surface area contributed by atoms with Gasteiger partial charge in [0.25, 0.3) is 0 Å².